The van der Waals surface area contributed by atoms with Gasteiger partial charge in [0.1, 0.15) is 12.4 Å². The third-order valence-electron chi connectivity index (χ3n) is 3.72. The molecule has 0 fully saturated rings. The largest absolute Gasteiger partial charge is 0.492 e. The zero-order valence-corrected chi connectivity index (χ0v) is 16.2. The first-order valence-electron chi connectivity index (χ1n) is 8.53. The lowest BCUT2D eigenvalue weighted by Crippen LogP contribution is -2.40. The van der Waals surface area contributed by atoms with Gasteiger partial charge in [0.15, 0.2) is 17.5 Å². The number of carbonyl (C=O) groups is 2. The van der Waals surface area contributed by atoms with Crippen LogP contribution in [0.3, 0.4) is 0 Å². The first-order valence-corrected chi connectivity index (χ1v) is 8.91. The van der Waals surface area contributed by atoms with E-state index < -0.39 is 41.5 Å². The Kier molecular flexibility index (Phi) is 8.29. The Morgan fingerprint density at radius 3 is 2.41 bits per heavy atom. The summed E-state index contributed by atoms with van der Waals surface area (Å²) in [5.74, 6) is -5.14. The van der Waals surface area contributed by atoms with Gasteiger partial charge in [-0.1, -0.05) is 11.6 Å². The van der Waals surface area contributed by atoms with Gasteiger partial charge in [-0.05, 0) is 43.4 Å². The number of rotatable bonds is 9. The Bertz CT molecular complexity index is 866. The molecule has 156 valence electrons. The molecule has 2 rings (SSSR count). The van der Waals surface area contributed by atoms with Crippen LogP contribution in [-0.2, 0) is 9.59 Å². The lowest BCUT2D eigenvalue weighted by Gasteiger charge is -2.16. The monoisotopic (exact) mass is 429 g/mol. The van der Waals surface area contributed by atoms with Crippen LogP contribution in [-0.4, -0.2) is 50.0 Å². The minimum atomic E-state index is -1.69. The Hall–Kier alpha value is -2.78. The van der Waals surface area contributed by atoms with Crippen molar-refractivity contribution in [1.29, 1.82) is 0 Å². The van der Waals surface area contributed by atoms with E-state index in [1.807, 2.05) is 0 Å². The zero-order valence-electron chi connectivity index (χ0n) is 15.5. The number of nitrogens with one attached hydrogen (secondary N) is 2. The van der Waals surface area contributed by atoms with Gasteiger partial charge < -0.3 is 15.4 Å². The van der Waals surface area contributed by atoms with Crippen LogP contribution in [0.4, 0.5) is 18.9 Å². The van der Waals surface area contributed by atoms with Crippen molar-refractivity contribution < 1.29 is 27.5 Å². The van der Waals surface area contributed by atoms with Crippen molar-refractivity contribution in [3.8, 4) is 5.75 Å². The SMILES string of the molecule is CN(CCOc1ccc(Cl)cc1)CC(=O)NCC(=O)Nc1ccc(F)c(F)c1F. The summed E-state index contributed by atoms with van der Waals surface area (Å²) in [4.78, 5) is 25.3. The molecule has 29 heavy (non-hydrogen) atoms. The van der Waals surface area contributed by atoms with E-state index in [-0.39, 0.29) is 6.54 Å². The number of hydrogen-bond donors (Lipinski definition) is 2. The molecule has 0 aliphatic heterocycles. The van der Waals surface area contributed by atoms with Crippen LogP contribution in [0.15, 0.2) is 36.4 Å². The minimum absolute atomic E-state index is 0.00318. The fourth-order valence-corrected chi connectivity index (χ4v) is 2.35. The maximum Gasteiger partial charge on any atom is 0.243 e. The van der Waals surface area contributed by atoms with Crippen LogP contribution >= 0.6 is 11.6 Å². The second-order valence-electron chi connectivity index (χ2n) is 6.09. The molecule has 2 aromatic rings. The number of halogens is 4. The molecule has 0 heterocycles. The molecule has 0 aliphatic carbocycles. The average Bonchev–Trinajstić information content (AvgIpc) is 2.68. The Morgan fingerprint density at radius 2 is 1.72 bits per heavy atom. The van der Waals surface area contributed by atoms with E-state index in [0.717, 1.165) is 6.07 Å². The lowest BCUT2D eigenvalue weighted by molar-refractivity contribution is -0.124. The fraction of sp³-hybridized carbons (Fsp3) is 0.263. The van der Waals surface area contributed by atoms with Crippen LogP contribution in [0, 0.1) is 17.5 Å². The van der Waals surface area contributed by atoms with Gasteiger partial charge in [-0.15, -0.1) is 0 Å². The van der Waals surface area contributed by atoms with Gasteiger partial charge in [0, 0.05) is 11.6 Å². The van der Waals surface area contributed by atoms with E-state index in [9.17, 15) is 22.8 Å². The van der Waals surface area contributed by atoms with E-state index in [4.69, 9.17) is 16.3 Å². The van der Waals surface area contributed by atoms with Crippen molar-refractivity contribution in [3.63, 3.8) is 0 Å². The predicted molar refractivity (Wildman–Crippen MR) is 102 cm³/mol. The number of carbonyl (C=O) groups excluding carboxylic acids is 2. The van der Waals surface area contributed by atoms with Crippen molar-refractivity contribution in [3.05, 3.63) is 58.9 Å². The summed E-state index contributed by atoms with van der Waals surface area (Å²) >= 11 is 5.78. The van der Waals surface area contributed by atoms with Gasteiger partial charge in [-0.3, -0.25) is 14.5 Å². The molecule has 0 saturated heterocycles. The predicted octanol–water partition coefficient (Wildman–Crippen LogP) is 2.82. The Labute approximate surface area is 170 Å². The van der Waals surface area contributed by atoms with E-state index in [1.54, 1.807) is 36.2 Å². The molecule has 2 amide bonds. The molecule has 0 atom stereocenters. The standard InChI is InChI=1S/C19H19ClF3N3O3/c1-26(8-9-29-13-4-2-12(20)3-5-13)11-17(28)24-10-16(27)25-15-7-6-14(21)18(22)19(15)23/h2-7H,8-11H2,1H3,(H,24,28)(H,25,27). The topological polar surface area (TPSA) is 70.7 Å². The highest BCUT2D eigenvalue weighted by Crippen LogP contribution is 2.19. The molecule has 6 nitrogen and oxygen atoms in total. The molecule has 2 N–H and O–H groups in total. The molecule has 0 aliphatic rings. The third kappa shape index (κ3) is 7.28. The number of benzene rings is 2. The summed E-state index contributed by atoms with van der Waals surface area (Å²) in [6, 6.07) is 8.43. The van der Waals surface area contributed by atoms with Crippen LogP contribution in [0.2, 0.25) is 5.02 Å². The van der Waals surface area contributed by atoms with Crippen LogP contribution in [0.25, 0.3) is 0 Å². The molecule has 0 radical (unpaired) electrons. The summed E-state index contributed by atoms with van der Waals surface area (Å²) in [6.07, 6.45) is 0. The van der Waals surface area contributed by atoms with Crippen LogP contribution < -0.4 is 15.4 Å². The van der Waals surface area contributed by atoms with Gasteiger partial charge in [0.25, 0.3) is 0 Å². The molecule has 2 aromatic carbocycles. The maximum absolute atomic E-state index is 13.5. The van der Waals surface area contributed by atoms with Gasteiger partial charge in [-0.25, -0.2) is 13.2 Å². The van der Waals surface area contributed by atoms with Gasteiger partial charge in [0.05, 0.1) is 18.8 Å². The van der Waals surface area contributed by atoms with Crippen molar-refractivity contribution in [2.75, 3.05) is 38.6 Å². The molecular weight excluding hydrogens is 411 g/mol. The van der Waals surface area contributed by atoms with E-state index in [0.29, 0.717) is 30.0 Å². The van der Waals surface area contributed by atoms with Crippen LogP contribution in [0.5, 0.6) is 5.75 Å². The number of likely N-dealkylation sites (N-methyl/N-ethyl adjacent to an activating group) is 1. The van der Waals surface area contributed by atoms with Gasteiger partial charge in [-0.2, -0.15) is 0 Å². The summed E-state index contributed by atoms with van der Waals surface area (Å²) in [5.41, 5.74) is -0.514. The molecule has 0 unspecified atom stereocenters. The number of amides is 2. The molecule has 10 heteroatoms. The normalized spacial score (nSPS) is 10.7. The minimum Gasteiger partial charge on any atom is -0.492 e. The van der Waals surface area contributed by atoms with Crippen molar-refractivity contribution in [2.45, 2.75) is 0 Å². The van der Waals surface area contributed by atoms with E-state index >= 15 is 0 Å². The quantitative estimate of drug-likeness (QED) is 0.601. The fourth-order valence-electron chi connectivity index (χ4n) is 2.23. The maximum atomic E-state index is 13.5. The first kappa shape index (κ1) is 22.5. The lowest BCUT2D eigenvalue weighted by atomic mass is 10.2. The van der Waals surface area contributed by atoms with E-state index in [2.05, 4.69) is 10.6 Å². The molecule has 0 spiro atoms. The number of hydrogen-bond acceptors (Lipinski definition) is 4. The summed E-state index contributed by atoms with van der Waals surface area (Å²) < 4.78 is 45.0. The van der Waals surface area contributed by atoms with Gasteiger partial charge >= 0.3 is 0 Å². The summed E-state index contributed by atoms with van der Waals surface area (Å²) in [7, 11) is 1.70. The zero-order chi connectivity index (χ0) is 21.4. The van der Waals surface area contributed by atoms with Crippen molar-refractivity contribution in [2.24, 2.45) is 0 Å². The first-order chi connectivity index (χ1) is 13.8. The number of ether oxygens (including phenoxy) is 1. The second kappa shape index (κ2) is 10.7. The number of anilines is 1. The highest BCUT2D eigenvalue weighted by molar-refractivity contribution is 6.30. The molecular formula is C19H19ClF3N3O3. The second-order valence-corrected chi connectivity index (χ2v) is 6.52. The molecule has 0 saturated carbocycles. The van der Waals surface area contributed by atoms with Crippen molar-refractivity contribution >= 4 is 29.1 Å². The smallest absolute Gasteiger partial charge is 0.243 e. The highest BCUT2D eigenvalue weighted by atomic mass is 35.5. The molecule has 0 bridgehead atoms. The van der Waals surface area contributed by atoms with Crippen molar-refractivity contribution in [1.82, 2.24) is 10.2 Å². The Balaban J connectivity index is 1.68. The third-order valence-corrected chi connectivity index (χ3v) is 3.98. The molecule has 0 aromatic heterocycles. The van der Waals surface area contributed by atoms with E-state index in [1.165, 1.54) is 0 Å². The summed E-state index contributed by atoms with van der Waals surface area (Å²) in [6.45, 7) is 0.326. The van der Waals surface area contributed by atoms with Crippen LogP contribution in [0.1, 0.15) is 0 Å². The van der Waals surface area contributed by atoms with Gasteiger partial charge in [0.2, 0.25) is 11.8 Å². The average molecular weight is 430 g/mol. The highest BCUT2D eigenvalue weighted by Gasteiger charge is 2.15. The summed E-state index contributed by atoms with van der Waals surface area (Å²) in [5, 5.41) is 5.02. The Morgan fingerprint density at radius 1 is 1.03 bits per heavy atom. The number of nitrogens with zero attached hydrogens (tertiary/aromatic N) is 1.